The zero-order valence-corrected chi connectivity index (χ0v) is 20.1. The van der Waals surface area contributed by atoms with Crippen LogP contribution >= 0.6 is 11.6 Å². The van der Waals surface area contributed by atoms with Crippen LogP contribution in [-0.4, -0.2) is 56.2 Å². The van der Waals surface area contributed by atoms with E-state index in [1.165, 1.54) is 19.2 Å². The van der Waals surface area contributed by atoms with Crippen LogP contribution in [0, 0.1) is 0 Å². The fraction of sp³-hybridized carbons (Fsp3) is 0.440. The molecule has 2 heterocycles. The molecule has 2 saturated carbocycles. The molecule has 34 heavy (non-hydrogen) atoms. The number of carbonyl (C=O) groups excluding carboxylic acids is 1. The average Bonchev–Trinajstić information content (AvgIpc) is 3.61. The maximum absolute atomic E-state index is 12.4. The molecule has 8 nitrogen and oxygen atoms in total. The van der Waals surface area contributed by atoms with E-state index in [1.54, 1.807) is 6.08 Å². The first kappa shape index (κ1) is 22.8. The molecule has 1 amide bonds. The summed E-state index contributed by atoms with van der Waals surface area (Å²) in [5.41, 5.74) is 8.67. The van der Waals surface area contributed by atoms with E-state index in [0.717, 1.165) is 54.5 Å². The largest absolute Gasteiger partial charge is 0.383 e. The number of anilines is 1. The molecule has 0 aliphatic heterocycles. The summed E-state index contributed by atoms with van der Waals surface area (Å²) in [6.07, 6.45) is 11.2. The first-order valence-electron chi connectivity index (χ1n) is 11.9. The molecule has 2 aromatic heterocycles. The Kier molecular flexibility index (Phi) is 6.52. The van der Waals surface area contributed by atoms with Gasteiger partial charge in [-0.3, -0.25) is 9.69 Å². The fourth-order valence-electron chi connectivity index (χ4n) is 4.76. The van der Waals surface area contributed by atoms with Gasteiger partial charge in [0.05, 0.1) is 11.4 Å². The van der Waals surface area contributed by atoms with Crippen molar-refractivity contribution < 1.29 is 4.79 Å². The molecule has 1 aromatic carbocycles. The standard InChI is InChI=1S/C25H30ClN7O/c1-32(19-12-13-19)14-2-3-21(34)30-18-8-10-20(11-9-18)33-25-22(24(27)28-15-29-25)23(31-33)16-4-6-17(26)7-5-16/h2-7,15,18-20H,8-14H2,1H3,(H,30,34)(H2,27,28,29). The third-order valence-corrected chi connectivity index (χ3v) is 7.11. The molecule has 0 atom stereocenters. The molecule has 9 heteroatoms. The summed E-state index contributed by atoms with van der Waals surface area (Å²) >= 11 is 6.07. The van der Waals surface area contributed by atoms with Crippen molar-refractivity contribution in [3.05, 3.63) is 47.8 Å². The summed E-state index contributed by atoms with van der Waals surface area (Å²) in [6, 6.07) is 8.61. The van der Waals surface area contributed by atoms with Gasteiger partial charge < -0.3 is 11.1 Å². The Morgan fingerprint density at radius 1 is 1.18 bits per heavy atom. The number of halogens is 1. The van der Waals surface area contributed by atoms with Crippen molar-refractivity contribution >= 4 is 34.4 Å². The normalized spacial score (nSPS) is 20.9. The number of hydrogen-bond donors (Lipinski definition) is 2. The minimum absolute atomic E-state index is 0.0114. The molecule has 0 bridgehead atoms. The van der Waals surface area contributed by atoms with Crippen LogP contribution in [0.1, 0.15) is 44.6 Å². The SMILES string of the molecule is CN(CC=CC(=O)NC1CCC(n2nc(-c3ccc(Cl)cc3)c3c(N)ncnc32)CC1)C1CC1. The summed E-state index contributed by atoms with van der Waals surface area (Å²) in [4.78, 5) is 23.3. The highest BCUT2D eigenvalue weighted by molar-refractivity contribution is 6.30. The number of fused-ring (bicyclic) bond motifs is 1. The van der Waals surface area contributed by atoms with E-state index < -0.39 is 0 Å². The van der Waals surface area contributed by atoms with Crippen molar-refractivity contribution in [3.63, 3.8) is 0 Å². The van der Waals surface area contributed by atoms with E-state index in [0.29, 0.717) is 16.9 Å². The number of nitrogens with zero attached hydrogens (tertiary/aromatic N) is 5. The molecule has 0 unspecified atom stereocenters. The maximum atomic E-state index is 12.4. The van der Waals surface area contributed by atoms with Gasteiger partial charge in [-0.25, -0.2) is 14.6 Å². The van der Waals surface area contributed by atoms with Crippen molar-refractivity contribution in [1.29, 1.82) is 0 Å². The van der Waals surface area contributed by atoms with Crippen LogP contribution in [0.2, 0.25) is 5.02 Å². The number of benzene rings is 1. The van der Waals surface area contributed by atoms with Crippen LogP contribution < -0.4 is 11.1 Å². The van der Waals surface area contributed by atoms with Gasteiger partial charge in [0.1, 0.15) is 17.8 Å². The zero-order chi connectivity index (χ0) is 23.7. The van der Waals surface area contributed by atoms with E-state index in [1.807, 2.05) is 35.0 Å². The number of rotatable bonds is 7. The third-order valence-electron chi connectivity index (χ3n) is 6.86. The Labute approximate surface area is 204 Å². The van der Waals surface area contributed by atoms with Gasteiger partial charge in [-0.15, -0.1) is 0 Å². The lowest BCUT2D eigenvalue weighted by Gasteiger charge is -2.29. The fourth-order valence-corrected chi connectivity index (χ4v) is 4.89. The van der Waals surface area contributed by atoms with E-state index in [2.05, 4.69) is 27.2 Å². The highest BCUT2D eigenvalue weighted by atomic mass is 35.5. The minimum Gasteiger partial charge on any atom is -0.383 e. The summed E-state index contributed by atoms with van der Waals surface area (Å²) in [5.74, 6) is 0.406. The van der Waals surface area contributed by atoms with Gasteiger partial charge in [-0.05, 0) is 57.7 Å². The molecule has 3 N–H and O–H groups in total. The minimum atomic E-state index is -0.0114. The van der Waals surface area contributed by atoms with E-state index in [9.17, 15) is 4.79 Å². The van der Waals surface area contributed by atoms with Crippen molar-refractivity contribution in [2.45, 2.75) is 56.7 Å². The maximum Gasteiger partial charge on any atom is 0.243 e. The van der Waals surface area contributed by atoms with Gasteiger partial charge in [0.15, 0.2) is 5.65 Å². The smallest absolute Gasteiger partial charge is 0.243 e. The van der Waals surface area contributed by atoms with Gasteiger partial charge in [0, 0.05) is 35.3 Å². The highest BCUT2D eigenvalue weighted by Gasteiger charge is 2.28. The van der Waals surface area contributed by atoms with Crippen LogP contribution in [0.15, 0.2) is 42.7 Å². The lowest BCUT2D eigenvalue weighted by molar-refractivity contribution is -0.117. The van der Waals surface area contributed by atoms with E-state index in [4.69, 9.17) is 22.4 Å². The van der Waals surface area contributed by atoms with Crippen LogP contribution in [-0.2, 0) is 4.79 Å². The second-order valence-electron chi connectivity index (χ2n) is 9.34. The zero-order valence-electron chi connectivity index (χ0n) is 19.3. The van der Waals surface area contributed by atoms with Gasteiger partial charge in [-0.1, -0.05) is 29.8 Å². The number of aromatic nitrogens is 4. The van der Waals surface area contributed by atoms with Crippen LogP contribution in [0.3, 0.4) is 0 Å². The molecule has 2 aliphatic carbocycles. The Bertz CT molecular complexity index is 1190. The van der Waals surface area contributed by atoms with E-state index in [-0.39, 0.29) is 18.0 Å². The van der Waals surface area contributed by atoms with E-state index >= 15 is 0 Å². The number of nitrogens with two attached hydrogens (primary N) is 1. The monoisotopic (exact) mass is 479 g/mol. The average molecular weight is 480 g/mol. The predicted molar refractivity (Wildman–Crippen MR) is 134 cm³/mol. The molecule has 178 valence electrons. The Morgan fingerprint density at radius 3 is 2.62 bits per heavy atom. The Balaban J connectivity index is 1.26. The van der Waals surface area contributed by atoms with Crippen molar-refractivity contribution in [2.24, 2.45) is 0 Å². The summed E-state index contributed by atoms with van der Waals surface area (Å²) in [6.45, 7) is 0.818. The molecule has 2 aliphatic rings. The summed E-state index contributed by atoms with van der Waals surface area (Å²) < 4.78 is 1.99. The molecule has 3 aromatic rings. The first-order valence-corrected chi connectivity index (χ1v) is 12.3. The molecule has 0 saturated heterocycles. The number of likely N-dealkylation sites (N-methyl/N-ethyl adjacent to an activating group) is 1. The predicted octanol–water partition coefficient (Wildman–Crippen LogP) is 3.98. The highest BCUT2D eigenvalue weighted by Crippen LogP contribution is 2.36. The lowest BCUT2D eigenvalue weighted by atomic mass is 9.91. The molecule has 0 radical (unpaired) electrons. The van der Waals surface area contributed by atoms with Crippen LogP contribution in [0.5, 0.6) is 0 Å². The second kappa shape index (κ2) is 9.72. The number of nitrogen functional groups attached to an aromatic ring is 1. The third kappa shape index (κ3) is 4.93. The van der Waals surface area contributed by atoms with Gasteiger partial charge >= 0.3 is 0 Å². The number of carbonyl (C=O) groups is 1. The first-order chi connectivity index (χ1) is 16.5. The summed E-state index contributed by atoms with van der Waals surface area (Å²) in [5, 5.41) is 9.52. The molecule has 2 fully saturated rings. The molecule has 0 spiro atoms. The summed E-state index contributed by atoms with van der Waals surface area (Å²) in [7, 11) is 2.11. The van der Waals surface area contributed by atoms with Crippen molar-refractivity contribution in [1.82, 2.24) is 30.0 Å². The topological polar surface area (TPSA) is 102 Å². The second-order valence-corrected chi connectivity index (χ2v) is 9.78. The Morgan fingerprint density at radius 2 is 1.91 bits per heavy atom. The van der Waals surface area contributed by atoms with Crippen LogP contribution in [0.4, 0.5) is 5.82 Å². The number of hydrogen-bond acceptors (Lipinski definition) is 6. The van der Waals surface area contributed by atoms with Crippen LogP contribution in [0.25, 0.3) is 22.3 Å². The van der Waals surface area contributed by atoms with Gasteiger partial charge in [-0.2, -0.15) is 5.10 Å². The molecule has 5 rings (SSSR count). The van der Waals surface area contributed by atoms with Crippen molar-refractivity contribution in [2.75, 3.05) is 19.3 Å². The van der Waals surface area contributed by atoms with Gasteiger partial charge in [0.25, 0.3) is 0 Å². The lowest BCUT2D eigenvalue weighted by Crippen LogP contribution is -2.37. The Hall–Kier alpha value is -2.97. The van der Waals surface area contributed by atoms with Gasteiger partial charge in [0.2, 0.25) is 5.91 Å². The number of amides is 1. The van der Waals surface area contributed by atoms with Crippen molar-refractivity contribution in [3.8, 4) is 11.3 Å². The molecular weight excluding hydrogens is 450 g/mol. The molecular formula is C25H30ClN7O. The quantitative estimate of drug-likeness (QED) is 0.497. The number of nitrogens with one attached hydrogen (secondary N) is 1.